The fourth-order valence-corrected chi connectivity index (χ4v) is 5.80. The Bertz CT molecular complexity index is 1400. The van der Waals surface area contributed by atoms with Crippen molar-refractivity contribution in [1.29, 1.82) is 0 Å². The van der Waals surface area contributed by atoms with E-state index >= 15 is 0 Å². The molecule has 0 aliphatic carbocycles. The monoisotopic (exact) mass is 583 g/mol. The van der Waals surface area contributed by atoms with Crippen molar-refractivity contribution in [3.63, 3.8) is 0 Å². The average Bonchev–Trinajstić information content (AvgIpc) is 2.94. The third kappa shape index (κ3) is 7.86. The fraction of sp³-hybridized carbons (Fsp3) is 0.355. The van der Waals surface area contributed by atoms with Crippen molar-refractivity contribution in [2.24, 2.45) is 0 Å². The molecule has 3 aromatic rings. The van der Waals surface area contributed by atoms with Crippen molar-refractivity contribution in [2.75, 3.05) is 10.8 Å². The van der Waals surface area contributed by atoms with E-state index in [1.165, 1.54) is 17.0 Å². The van der Waals surface area contributed by atoms with Gasteiger partial charge in [0.1, 0.15) is 12.6 Å². The van der Waals surface area contributed by atoms with Gasteiger partial charge in [-0.15, -0.1) is 0 Å². The minimum absolute atomic E-state index is 0.0692. The minimum Gasteiger partial charge on any atom is -0.352 e. The normalized spacial score (nSPS) is 13.0. The molecule has 3 rings (SSSR count). The van der Waals surface area contributed by atoms with E-state index < -0.39 is 28.5 Å². The summed E-state index contributed by atoms with van der Waals surface area (Å²) in [5.74, 6) is -0.573. The Balaban J connectivity index is 2.03. The molecular weight excluding hydrogens is 546 g/mol. The van der Waals surface area contributed by atoms with Crippen LogP contribution >= 0.6 is 11.6 Å². The van der Waals surface area contributed by atoms with Crippen molar-refractivity contribution in [3.05, 3.63) is 95.0 Å². The van der Waals surface area contributed by atoms with E-state index in [0.717, 1.165) is 21.9 Å². The number of nitrogens with one attached hydrogen (secondary N) is 1. The maximum atomic E-state index is 14.0. The number of amides is 2. The number of hydrogen-bond donors (Lipinski definition) is 1. The molecule has 0 saturated heterocycles. The molecule has 40 heavy (non-hydrogen) atoms. The van der Waals surface area contributed by atoms with Gasteiger partial charge in [-0.25, -0.2) is 8.42 Å². The smallest absolute Gasteiger partial charge is 0.264 e. The summed E-state index contributed by atoms with van der Waals surface area (Å²) < 4.78 is 28.8. The highest BCUT2D eigenvalue weighted by Gasteiger charge is 2.32. The standard InChI is InChI=1S/C31H38ClN3O4S/c1-6-23(4)33-31(37)24(5)34(20-25-11-10-12-27(32)19-25)30(36)21-35(28-17-15-26(16-18-28)22(2)3)40(38,39)29-13-8-7-9-14-29/h7-19,22-24H,6,20-21H2,1-5H3,(H,33,37)/t23-,24-/m1/s1. The van der Waals surface area contributed by atoms with Crippen LogP contribution in [0.25, 0.3) is 0 Å². The molecule has 0 saturated carbocycles. The molecule has 0 aliphatic rings. The zero-order valence-corrected chi connectivity index (χ0v) is 25.2. The first-order valence-electron chi connectivity index (χ1n) is 13.5. The topological polar surface area (TPSA) is 86.8 Å². The van der Waals surface area contributed by atoms with E-state index in [2.05, 4.69) is 19.2 Å². The van der Waals surface area contributed by atoms with Crippen LogP contribution in [-0.2, 0) is 26.2 Å². The Labute approximate surface area is 243 Å². The summed E-state index contributed by atoms with van der Waals surface area (Å²) in [7, 11) is -4.10. The first-order chi connectivity index (χ1) is 18.9. The number of hydrogen-bond acceptors (Lipinski definition) is 4. The van der Waals surface area contributed by atoms with Crippen LogP contribution in [0, 0.1) is 0 Å². The van der Waals surface area contributed by atoms with Crippen LogP contribution in [0.15, 0.2) is 83.8 Å². The molecule has 0 aliphatic heterocycles. The summed E-state index contributed by atoms with van der Waals surface area (Å²) in [5, 5.41) is 3.43. The van der Waals surface area contributed by atoms with Crippen LogP contribution in [0.2, 0.25) is 5.02 Å². The lowest BCUT2D eigenvalue weighted by molar-refractivity contribution is -0.139. The van der Waals surface area contributed by atoms with Gasteiger partial charge in [-0.05, 0) is 73.7 Å². The largest absolute Gasteiger partial charge is 0.352 e. The highest BCUT2D eigenvalue weighted by Crippen LogP contribution is 2.27. The lowest BCUT2D eigenvalue weighted by Gasteiger charge is -2.32. The molecule has 2 amide bonds. The van der Waals surface area contributed by atoms with E-state index in [4.69, 9.17) is 11.6 Å². The second-order valence-electron chi connectivity index (χ2n) is 10.2. The molecule has 214 valence electrons. The van der Waals surface area contributed by atoms with Gasteiger partial charge in [0.2, 0.25) is 11.8 Å². The Morgan fingerprint density at radius 3 is 2.12 bits per heavy atom. The summed E-state index contributed by atoms with van der Waals surface area (Å²) in [5.41, 5.74) is 2.13. The Hall–Kier alpha value is -3.36. The Morgan fingerprint density at radius 2 is 1.55 bits per heavy atom. The van der Waals surface area contributed by atoms with Crippen LogP contribution < -0.4 is 9.62 Å². The summed E-state index contributed by atoms with van der Waals surface area (Å²) in [4.78, 5) is 28.6. The number of sulfonamides is 1. The van der Waals surface area contributed by atoms with Crippen molar-refractivity contribution in [1.82, 2.24) is 10.2 Å². The number of carbonyl (C=O) groups is 2. The molecule has 9 heteroatoms. The lowest BCUT2D eigenvalue weighted by atomic mass is 10.0. The predicted octanol–water partition coefficient (Wildman–Crippen LogP) is 5.99. The molecular formula is C31H38ClN3O4S. The molecule has 0 bridgehead atoms. The first-order valence-corrected chi connectivity index (χ1v) is 15.3. The van der Waals surface area contributed by atoms with E-state index in [1.807, 2.05) is 32.0 Å². The van der Waals surface area contributed by atoms with Crippen molar-refractivity contribution in [2.45, 2.75) is 70.5 Å². The highest BCUT2D eigenvalue weighted by atomic mass is 35.5. The molecule has 0 spiro atoms. The van der Waals surface area contributed by atoms with Crippen molar-refractivity contribution in [3.8, 4) is 0 Å². The molecule has 7 nitrogen and oxygen atoms in total. The zero-order chi connectivity index (χ0) is 29.4. The lowest BCUT2D eigenvalue weighted by Crippen LogP contribution is -2.52. The van der Waals surface area contributed by atoms with Gasteiger partial charge in [-0.2, -0.15) is 0 Å². The maximum absolute atomic E-state index is 14.0. The van der Waals surface area contributed by atoms with Gasteiger partial charge < -0.3 is 10.2 Å². The highest BCUT2D eigenvalue weighted by molar-refractivity contribution is 7.92. The quantitative estimate of drug-likeness (QED) is 0.284. The van der Waals surface area contributed by atoms with Gasteiger partial charge in [0.05, 0.1) is 10.6 Å². The SMILES string of the molecule is CC[C@@H](C)NC(=O)[C@@H](C)N(Cc1cccc(Cl)c1)C(=O)CN(c1ccc(C(C)C)cc1)S(=O)(=O)c1ccccc1. The van der Waals surface area contributed by atoms with Crippen LogP contribution in [0.4, 0.5) is 5.69 Å². The summed E-state index contributed by atoms with van der Waals surface area (Å²) in [6.45, 7) is 9.20. The van der Waals surface area contributed by atoms with Crippen LogP contribution in [0.1, 0.15) is 58.1 Å². The number of nitrogens with zero attached hydrogens (tertiary/aromatic N) is 2. The minimum atomic E-state index is -4.10. The summed E-state index contributed by atoms with van der Waals surface area (Å²) in [6, 6.07) is 21.3. The third-order valence-electron chi connectivity index (χ3n) is 6.87. The Morgan fingerprint density at radius 1 is 0.900 bits per heavy atom. The van der Waals surface area contributed by atoms with Gasteiger partial charge in [-0.1, -0.05) is 74.8 Å². The number of rotatable bonds is 12. The van der Waals surface area contributed by atoms with E-state index in [9.17, 15) is 18.0 Å². The molecule has 0 radical (unpaired) electrons. The molecule has 3 aromatic carbocycles. The molecule has 1 N–H and O–H groups in total. The first kappa shape index (κ1) is 31.2. The molecule has 2 atom stereocenters. The van der Waals surface area contributed by atoms with Gasteiger partial charge in [0, 0.05) is 17.6 Å². The van der Waals surface area contributed by atoms with Crippen molar-refractivity contribution < 1.29 is 18.0 Å². The van der Waals surface area contributed by atoms with Gasteiger partial charge in [-0.3, -0.25) is 13.9 Å². The zero-order valence-electron chi connectivity index (χ0n) is 23.7. The average molecular weight is 584 g/mol. The second-order valence-corrected chi connectivity index (χ2v) is 12.5. The van der Waals surface area contributed by atoms with Crippen LogP contribution in [-0.4, -0.2) is 43.8 Å². The number of benzene rings is 3. The molecule has 0 fully saturated rings. The second kappa shape index (κ2) is 13.8. The predicted molar refractivity (Wildman–Crippen MR) is 161 cm³/mol. The van der Waals surface area contributed by atoms with Gasteiger partial charge >= 0.3 is 0 Å². The molecule has 0 heterocycles. The number of halogens is 1. The fourth-order valence-electron chi connectivity index (χ4n) is 4.15. The summed E-state index contributed by atoms with van der Waals surface area (Å²) in [6.07, 6.45) is 0.732. The van der Waals surface area contributed by atoms with E-state index in [0.29, 0.717) is 10.7 Å². The maximum Gasteiger partial charge on any atom is 0.264 e. The molecule has 0 aromatic heterocycles. The van der Waals surface area contributed by atoms with Gasteiger partial charge in [0.25, 0.3) is 10.0 Å². The van der Waals surface area contributed by atoms with Crippen LogP contribution in [0.3, 0.4) is 0 Å². The van der Waals surface area contributed by atoms with E-state index in [1.54, 1.807) is 55.5 Å². The van der Waals surface area contributed by atoms with Gasteiger partial charge in [0.15, 0.2) is 0 Å². The van der Waals surface area contributed by atoms with Crippen molar-refractivity contribution >= 4 is 39.1 Å². The Kier molecular flexibility index (Phi) is 10.8. The number of carbonyl (C=O) groups excluding carboxylic acids is 2. The third-order valence-corrected chi connectivity index (χ3v) is 8.89. The summed E-state index contributed by atoms with van der Waals surface area (Å²) >= 11 is 6.19. The number of anilines is 1. The van der Waals surface area contributed by atoms with Crippen LogP contribution in [0.5, 0.6) is 0 Å². The molecule has 0 unspecified atom stereocenters. The van der Waals surface area contributed by atoms with E-state index in [-0.39, 0.29) is 29.3 Å².